The molecule has 0 aliphatic heterocycles. The number of halogens is 1. The van der Waals surface area contributed by atoms with E-state index >= 15 is 0 Å². The Morgan fingerprint density at radius 2 is 2.05 bits per heavy atom. The Bertz CT molecular complexity index is 644. The molecule has 0 aliphatic rings. The molecule has 5 heteroatoms. The molecule has 0 saturated carbocycles. The Hall–Kier alpha value is -2.40. The molecule has 0 unspecified atom stereocenters. The molecule has 21 heavy (non-hydrogen) atoms. The van der Waals surface area contributed by atoms with Crippen molar-refractivity contribution >= 4 is 11.6 Å². The van der Waals surface area contributed by atoms with Crippen LogP contribution in [0.2, 0.25) is 0 Å². The summed E-state index contributed by atoms with van der Waals surface area (Å²) in [6.07, 6.45) is 0. The van der Waals surface area contributed by atoms with Crippen LogP contribution in [0.25, 0.3) is 0 Å². The Morgan fingerprint density at radius 1 is 1.29 bits per heavy atom. The second-order valence-corrected chi connectivity index (χ2v) is 4.39. The van der Waals surface area contributed by atoms with Crippen molar-refractivity contribution in [2.24, 2.45) is 5.73 Å². The maximum Gasteiger partial charge on any atom is 0.259 e. The van der Waals surface area contributed by atoms with Gasteiger partial charge in [0.15, 0.2) is 0 Å². The van der Waals surface area contributed by atoms with Crippen molar-refractivity contribution in [3.63, 3.8) is 0 Å². The quantitative estimate of drug-likeness (QED) is 0.889. The van der Waals surface area contributed by atoms with Gasteiger partial charge in [-0.1, -0.05) is 12.1 Å². The summed E-state index contributed by atoms with van der Waals surface area (Å²) in [5.41, 5.74) is 6.73. The van der Waals surface area contributed by atoms with Crippen LogP contribution in [-0.4, -0.2) is 12.5 Å². The molecule has 4 nitrogen and oxygen atoms in total. The minimum absolute atomic E-state index is 0.0745. The van der Waals surface area contributed by atoms with Crippen molar-refractivity contribution in [2.45, 2.75) is 13.5 Å². The van der Waals surface area contributed by atoms with Crippen molar-refractivity contribution in [3.8, 4) is 5.75 Å². The van der Waals surface area contributed by atoms with Gasteiger partial charge in [-0.05, 0) is 37.3 Å². The summed E-state index contributed by atoms with van der Waals surface area (Å²) in [5, 5.41) is 2.72. The van der Waals surface area contributed by atoms with E-state index in [1.165, 1.54) is 18.2 Å². The zero-order valence-corrected chi connectivity index (χ0v) is 11.7. The van der Waals surface area contributed by atoms with Crippen molar-refractivity contribution < 1.29 is 13.9 Å². The van der Waals surface area contributed by atoms with Gasteiger partial charge in [-0.25, -0.2) is 4.39 Å². The second kappa shape index (κ2) is 6.85. The topological polar surface area (TPSA) is 64.3 Å². The van der Waals surface area contributed by atoms with Crippen LogP contribution in [0.5, 0.6) is 5.75 Å². The monoisotopic (exact) mass is 288 g/mol. The first-order valence-electron chi connectivity index (χ1n) is 6.67. The molecule has 110 valence electrons. The molecule has 0 atom stereocenters. The van der Waals surface area contributed by atoms with E-state index in [-0.39, 0.29) is 18.3 Å². The fourth-order valence-corrected chi connectivity index (χ4v) is 1.94. The minimum Gasteiger partial charge on any atom is -0.493 e. The van der Waals surface area contributed by atoms with E-state index in [9.17, 15) is 9.18 Å². The molecule has 0 heterocycles. The molecule has 2 rings (SSSR count). The Labute approximate surface area is 122 Å². The zero-order valence-electron chi connectivity index (χ0n) is 11.7. The second-order valence-electron chi connectivity index (χ2n) is 4.39. The van der Waals surface area contributed by atoms with Crippen molar-refractivity contribution in [1.82, 2.24) is 0 Å². The number of amides is 1. The summed E-state index contributed by atoms with van der Waals surface area (Å²) in [6, 6.07) is 11.3. The van der Waals surface area contributed by atoms with Gasteiger partial charge in [-0.15, -0.1) is 0 Å². The summed E-state index contributed by atoms with van der Waals surface area (Å²) in [5.74, 6) is -0.183. The highest BCUT2D eigenvalue weighted by atomic mass is 19.1. The van der Waals surface area contributed by atoms with E-state index in [2.05, 4.69) is 5.32 Å². The maximum absolute atomic E-state index is 13.4. The molecule has 0 bridgehead atoms. The summed E-state index contributed by atoms with van der Waals surface area (Å²) in [7, 11) is 0. The fourth-order valence-electron chi connectivity index (χ4n) is 1.94. The highest BCUT2D eigenvalue weighted by Crippen LogP contribution is 2.20. The number of carbonyl (C=O) groups is 1. The smallest absolute Gasteiger partial charge is 0.259 e. The van der Waals surface area contributed by atoms with Crippen molar-refractivity contribution in [2.75, 3.05) is 11.9 Å². The molecule has 2 aromatic rings. The Kier molecular flexibility index (Phi) is 4.90. The summed E-state index contributed by atoms with van der Waals surface area (Å²) >= 11 is 0. The van der Waals surface area contributed by atoms with Gasteiger partial charge in [-0.3, -0.25) is 4.79 Å². The van der Waals surface area contributed by atoms with Crippen molar-refractivity contribution in [3.05, 3.63) is 59.4 Å². The van der Waals surface area contributed by atoms with E-state index in [0.29, 0.717) is 29.2 Å². The molecule has 2 aromatic carbocycles. The maximum atomic E-state index is 13.4. The predicted octanol–water partition coefficient (Wildman–Crippen LogP) is 2.94. The van der Waals surface area contributed by atoms with Crippen LogP contribution in [0.4, 0.5) is 10.1 Å². The van der Waals surface area contributed by atoms with Gasteiger partial charge in [-0.2, -0.15) is 0 Å². The van der Waals surface area contributed by atoms with Crippen LogP contribution >= 0.6 is 0 Å². The van der Waals surface area contributed by atoms with Gasteiger partial charge < -0.3 is 15.8 Å². The van der Waals surface area contributed by atoms with Crippen LogP contribution in [-0.2, 0) is 6.54 Å². The van der Waals surface area contributed by atoms with E-state index in [1.54, 1.807) is 24.3 Å². The van der Waals surface area contributed by atoms with Crippen LogP contribution in [0.15, 0.2) is 42.5 Å². The highest BCUT2D eigenvalue weighted by Gasteiger charge is 2.12. The lowest BCUT2D eigenvalue weighted by molar-refractivity contribution is 0.102. The van der Waals surface area contributed by atoms with Crippen LogP contribution in [0.1, 0.15) is 22.8 Å². The SMILES string of the molecule is CCOc1ccccc1C(=O)Nc1ccc(F)c(CN)c1. The van der Waals surface area contributed by atoms with Crippen molar-refractivity contribution in [1.29, 1.82) is 0 Å². The first-order chi connectivity index (χ1) is 10.2. The van der Waals surface area contributed by atoms with Gasteiger partial charge >= 0.3 is 0 Å². The van der Waals surface area contributed by atoms with Gasteiger partial charge in [0, 0.05) is 17.8 Å². The number of hydrogen-bond acceptors (Lipinski definition) is 3. The molecule has 0 aliphatic carbocycles. The average molecular weight is 288 g/mol. The van der Waals surface area contributed by atoms with E-state index in [4.69, 9.17) is 10.5 Å². The van der Waals surface area contributed by atoms with Gasteiger partial charge in [0.2, 0.25) is 0 Å². The lowest BCUT2D eigenvalue weighted by atomic mass is 10.1. The number of benzene rings is 2. The fraction of sp³-hybridized carbons (Fsp3) is 0.188. The number of anilines is 1. The van der Waals surface area contributed by atoms with Gasteiger partial charge in [0.1, 0.15) is 11.6 Å². The molecule has 0 aromatic heterocycles. The molecule has 3 N–H and O–H groups in total. The van der Waals surface area contributed by atoms with Gasteiger partial charge in [0.25, 0.3) is 5.91 Å². The first-order valence-corrected chi connectivity index (χ1v) is 6.67. The average Bonchev–Trinajstić information content (AvgIpc) is 2.50. The lowest BCUT2D eigenvalue weighted by Crippen LogP contribution is -2.14. The molecular weight excluding hydrogens is 271 g/mol. The van der Waals surface area contributed by atoms with E-state index in [1.807, 2.05) is 6.92 Å². The van der Waals surface area contributed by atoms with Crippen LogP contribution < -0.4 is 15.8 Å². The number of carbonyl (C=O) groups excluding carboxylic acids is 1. The molecular formula is C16H17FN2O2. The lowest BCUT2D eigenvalue weighted by Gasteiger charge is -2.11. The molecule has 0 spiro atoms. The standard InChI is InChI=1S/C16H17FN2O2/c1-2-21-15-6-4-3-5-13(15)16(20)19-12-7-8-14(17)11(9-12)10-18/h3-9H,2,10,18H2,1H3,(H,19,20). The zero-order chi connectivity index (χ0) is 15.2. The number of nitrogens with one attached hydrogen (secondary N) is 1. The third-order valence-electron chi connectivity index (χ3n) is 2.96. The molecule has 0 saturated heterocycles. The molecule has 1 amide bonds. The predicted molar refractivity (Wildman–Crippen MR) is 79.9 cm³/mol. The third-order valence-corrected chi connectivity index (χ3v) is 2.96. The number of nitrogens with two attached hydrogens (primary N) is 1. The Morgan fingerprint density at radius 3 is 2.76 bits per heavy atom. The van der Waals surface area contributed by atoms with Crippen LogP contribution in [0, 0.1) is 5.82 Å². The highest BCUT2D eigenvalue weighted by molar-refractivity contribution is 6.06. The third kappa shape index (κ3) is 3.58. The number of para-hydroxylation sites is 1. The van der Waals surface area contributed by atoms with E-state index in [0.717, 1.165) is 0 Å². The molecule has 0 radical (unpaired) electrons. The summed E-state index contributed by atoms with van der Waals surface area (Å²) < 4.78 is 18.8. The van der Waals surface area contributed by atoms with Gasteiger partial charge in [0.05, 0.1) is 12.2 Å². The minimum atomic E-state index is -0.384. The van der Waals surface area contributed by atoms with Crippen LogP contribution in [0.3, 0.4) is 0 Å². The number of hydrogen-bond donors (Lipinski definition) is 2. The number of ether oxygens (including phenoxy) is 1. The Balaban J connectivity index is 2.22. The normalized spacial score (nSPS) is 10.2. The summed E-state index contributed by atoms with van der Waals surface area (Å²) in [6.45, 7) is 2.39. The summed E-state index contributed by atoms with van der Waals surface area (Å²) in [4.78, 5) is 12.3. The van der Waals surface area contributed by atoms with E-state index < -0.39 is 0 Å². The first kappa shape index (κ1) is 15.0. The largest absolute Gasteiger partial charge is 0.493 e. The molecule has 0 fully saturated rings. The number of rotatable bonds is 5.